The molecular weight excluding hydrogens is 391 g/mol. The molecule has 3 aliphatic rings. The van der Waals surface area contributed by atoms with E-state index in [2.05, 4.69) is 72.8 Å². The average molecular weight is 410 g/mol. The number of halogens is 1. The Labute approximate surface area is 165 Å². The Kier molecular flexibility index (Phi) is 4.22. The van der Waals surface area contributed by atoms with E-state index in [-0.39, 0.29) is 12.4 Å². The van der Waals surface area contributed by atoms with E-state index in [9.17, 15) is 0 Å². The molecule has 0 saturated heterocycles. The molecule has 0 aromatic heterocycles. The van der Waals surface area contributed by atoms with Gasteiger partial charge in [-0.1, -0.05) is 0 Å². The fraction of sp³-hybridized carbons (Fsp3) is 0.273. The van der Waals surface area contributed by atoms with Gasteiger partial charge in [-0.15, -0.1) is 0 Å². The van der Waals surface area contributed by atoms with Crippen molar-refractivity contribution in [2.75, 3.05) is 0 Å². The fourth-order valence-electron chi connectivity index (χ4n) is 4.83. The Morgan fingerprint density at radius 2 is 1.46 bits per heavy atom. The summed E-state index contributed by atoms with van der Waals surface area (Å²) in [6.45, 7) is 0. The molecule has 1 saturated carbocycles. The van der Waals surface area contributed by atoms with Crippen LogP contribution in [0.3, 0.4) is 0 Å². The van der Waals surface area contributed by atoms with Crippen LogP contribution in [0.25, 0.3) is 12.2 Å². The van der Waals surface area contributed by atoms with E-state index in [0.717, 1.165) is 5.92 Å². The zero-order chi connectivity index (χ0) is 15.4. The molecule has 0 heterocycles. The van der Waals surface area contributed by atoms with Crippen molar-refractivity contribution in [2.45, 2.75) is 27.8 Å². The van der Waals surface area contributed by atoms with Crippen molar-refractivity contribution < 1.29 is 37.1 Å². The Bertz CT molecular complexity index is 837. The summed E-state index contributed by atoms with van der Waals surface area (Å²) in [5, 5.41) is 0. The van der Waals surface area contributed by atoms with Gasteiger partial charge in [-0.3, -0.25) is 0 Å². The maximum atomic E-state index is 2.48. The van der Waals surface area contributed by atoms with Gasteiger partial charge in [0, 0.05) is 0 Å². The van der Waals surface area contributed by atoms with Gasteiger partial charge >= 0.3 is 154 Å². The second-order valence-corrected chi connectivity index (χ2v) is 9.45. The Morgan fingerprint density at radius 3 is 2.17 bits per heavy atom. The molecule has 1 fully saturated rings. The minimum atomic E-state index is 0. The molecule has 5 rings (SSSR count). The summed E-state index contributed by atoms with van der Waals surface area (Å²) < 4.78 is 0.474. The summed E-state index contributed by atoms with van der Waals surface area (Å²) in [5.41, 5.74) is 5.99. The third-order valence-corrected chi connectivity index (χ3v) is 8.45. The first-order valence-electron chi connectivity index (χ1n) is 8.57. The zero-order valence-corrected chi connectivity index (χ0v) is 16.7. The van der Waals surface area contributed by atoms with E-state index >= 15 is 0 Å². The third-order valence-electron chi connectivity index (χ3n) is 6.16. The average Bonchev–Trinajstić information content (AvgIpc) is 3.18. The van der Waals surface area contributed by atoms with Gasteiger partial charge < -0.3 is 12.4 Å². The topological polar surface area (TPSA) is 0 Å². The van der Waals surface area contributed by atoms with Crippen LogP contribution in [0, 0.1) is 5.92 Å². The predicted molar refractivity (Wildman–Crippen MR) is 91.9 cm³/mol. The van der Waals surface area contributed by atoms with Crippen molar-refractivity contribution in [2.24, 2.45) is 5.92 Å². The maximum absolute atomic E-state index is 2.48. The van der Waals surface area contributed by atoms with Crippen LogP contribution in [0.2, 0.25) is 3.12 Å². The first kappa shape index (κ1) is 16.6. The fourth-order valence-corrected chi connectivity index (χ4v) is 6.60. The van der Waals surface area contributed by atoms with Crippen LogP contribution in [-0.4, -0.2) is 0 Å². The summed E-state index contributed by atoms with van der Waals surface area (Å²) in [6, 6.07) is 17.9. The third kappa shape index (κ3) is 2.28. The number of rotatable bonds is 2. The summed E-state index contributed by atoms with van der Waals surface area (Å²) in [4.78, 5) is 0. The summed E-state index contributed by atoms with van der Waals surface area (Å²) in [7, 11) is 0. The van der Waals surface area contributed by atoms with Gasteiger partial charge in [-0.2, -0.15) is 0 Å². The monoisotopic (exact) mass is 408 g/mol. The molecule has 0 N–H and O–H groups in total. The molecule has 0 spiro atoms. The molecule has 2 aromatic carbocycles. The molecule has 2 aromatic rings. The van der Waals surface area contributed by atoms with E-state index in [1.807, 2.05) is 0 Å². The number of allylic oxidation sites excluding steroid dienone is 2. The van der Waals surface area contributed by atoms with Gasteiger partial charge in [-0.05, 0) is 0 Å². The zero-order valence-electron chi connectivity index (χ0n) is 13.5. The summed E-state index contributed by atoms with van der Waals surface area (Å²) >= 11 is 1.71. The molecule has 0 nitrogen and oxygen atoms in total. The van der Waals surface area contributed by atoms with E-state index < -0.39 is 0 Å². The molecular formula is C22H19ClZr. The van der Waals surface area contributed by atoms with Gasteiger partial charge in [0.05, 0.1) is 0 Å². The molecule has 0 radical (unpaired) electrons. The van der Waals surface area contributed by atoms with E-state index in [1.165, 1.54) is 24.0 Å². The second-order valence-electron chi connectivity index (χ2n) is 7.17. The molecule has 4 atom stereocenters. The van der Waals surface area contributed by atoms with Gasteiger partial charge in [-0.25, -0.2) is 0 Å². The van der Waals surface area contributed by atoms with Crippen LogP contribution >= 0.6 is 0 Å². The quantitative estimate of drug-likeness (QED) is 0.715. The normalized spacial score (nSPS) is 31.9. The van der Waals surface area contributed by atoms with Gasteiger partial charge in [0.25, 0.3) is 0 Å². The molecule has 0 bridgehead atoms. The van der Waals surface area contributed by atoms with E-state index in [0.29, 0.717) is 15.0 Å². The second kappa shape index (κ2) is 6.12. The standard InChI is InChI=1S/C22H19.ClH.Zr/c1-3-7-17-15(5-1)9-11-19(17)21-13-14-22(21)20-12-10-16-6-2-4-8-18(16)20;;/h1-12,19-21H,13-14H2;1H;/q;;+1/p-1. The molecule has 0 amide bonds. The molecule has 0 aliphatic heterocycles. The van der Waals surface area contributed by atoms with Crippen molar-refractivity contribution in [3.05, 3.63) is 82.9 Å². The van der Waals surface area contributed by atoms with Crippen molar-refractivity contribution in [3.63, 3.8) is 0 Å². The van der Waals surface area contributed by atoms with Crippen LogP contribution in [-0.2, 0) is 24.7 Å². The predicted octanol–water partition coefficient (Wildman–Crippen LogP) is 2.73. The molecule has 4 unspecified atom stereocenters. The first-order valence-corrected chi connectivity index (χ1v) is 9.79. The number of fused-ring (bicyclic) bond motifs is 2. The number of hydrogen-bond donors (Lipinski definition) is 0. The van der Waals surface area contributed by atoms with Crippen LogP contribution in [0.5, 0.6) is 0 Å². The van der Waals surface area contributed by atoms with Crippen molar-refractivity contribution in [1.29, 1.82) is 0 Å². The molecule has 3 aliphatic carbocycles. The van der Waals surface area contributed by atoms with Crippen LogP contribution in [0.15, 0.2) is 60.7 Å². The Hall–Kier alpha value is -0.907. The number of benzene rings is 2. The van der Waals surface area contributed by atoms with E-state index in [4.69, 9.17) is 0 Å². The van der Waals surface area contributed by atoms with Gasteiger partial charge in [0.1, 0.15) is 0 Å². The van der Waals surface area contributed by atoms with E-state index in [1.54, 1.807) is 35.8 Å². The van der Waals surface area contributed by atoms with Crippen molar-refractivity contribution in [3.8, 4) is 0 Å². The number of hydrogen-bond acceptors (Lipinski definition) is 0. The minimum absolute atomic E-state index is 0. The van der Waals surface area contributed by atoms with Crippen LogP contribution < -0.4 is 12.4 Å². The van der Waals surface area contributed by atoms with Crippen LogP contribution in [0.1, 0.15) is 46.9 Å². The Morgan fingerprint density at radius 1 is 0.833 bits per heavy atom. The summed E-state index contributed by atoms with van der Waals surface area (Å²) in [5.74, 6) is 2.04. The van der Waals surface area contributed by atoms with Crippen molar-refractivity contribution in [1.82, 2.24) is 0 Å². The van der Waals surface area contributed by atoms with Crippen molar-refractivity contribution >= 4 is 12.2 Å². The summed E-state index contributed by atoms with van der Waals surface area (Å²) in [6.07, 6.45) is 12.4. The van der Waals surface area contributed by atoms with Gasteiger partial charge in [0.2, 0.25) is 0 Å². The Balaban J connectivity index is 0.00000146. The first-order chi connectivity index (χ1) is 11.3. The SMILES string of the molecule is [Cl-].[Zr+][C]1(C2C=Cc3ccccc32)CCC1C1C=Cc2ccccc21. The van der Waals surface area contributed by atoms with Crippen LogP contribution in [0.4, 0.5) is 0 Å². The molecule has 24 heavy (non-hydrogen) atoms. The molecule has 118 valence electrons. The van der Waals surface area contributed by atoms with Gasteiger partial charge in [0.15, 0.2) is 0 Å². The molecule has 2 heteroatoms.